The maximum atomic E-state index is 12.1. The fraction of sp³-hybridized carbons (Fsp3) is 0.667. The highest BCUT2D eigenvalue weighted by Crippen LogP contribution is 2.24. The molecule has 1 fully saturated rings. The van der Waals surface area contributed by atoms with E-state index in [0.717, 1.165) is 12.1 Å². The molecule has 1 aromatic heterocycles. The van der Waals surface area contributed by atoms with Gasteiger partial charge in [0.25, 0.3) is 0 Å². The highest BCUT2D eigenvalue weighted by molar-refractivity contribution is 5.69. The molecule has 1 saturated heterocycles. The Morgan fingerprint density at radius 3 is 2.76 bits per heavy atom. The lowest BCUT2D eigenvalue weighted by Crippen LogP contribution is -2.39. The van der Waals surface area contributed by atoms with E-state index in [0.29, 0.717) is 12.3 Å². The normalized spacial score (nSPS) is 22.2. The number of hydrogen-bond acceptors (Lipinski definition) is 5. The summed E-state index contributed by atoms with van der Waals surface area (Å²) in [6.07, 6.45) is 2.04. The predicted molar refractivity (Wildman–Crippen MR) is 78.2 cm³/mol. The average molecular weight is 293 g/mol. The van der Waals surface area contributed by atoms with Crippen LogP contribution < -0.4 is 4.74 Å². The number of aromatic nitrogens is 2. The smallest absolute Gasteiger partial charge is 0.410 e. The first-order valence-corrected chi connectivity index (χ1v) is 7.20. The van der Waals surface area contributed by atoms with Gasteiger partial charge in [-0.05, 0) is 34.6 Å². The molecule has 1 aliphatic rings. The Kier molecular flexibility index (Phi) is 4.34. The van der Waals surface area contributed by atoms with E-state index in [2.05, 4.69) is 10.2 Å². The van der Waals surface area contributed by atoms with Gasteiger partial charge in [0.2, 0.25) is 0 Å². The van der Waals surface area contributed by atoms with Crippen LogP contribution in [0.5, 0.6) is 5.75 Å². The summed E-state index contributed by atoms with van der Waals surface area (Å²) in [7, 11) is 0. The van der Waals surface area contributed by atoms with Gasteiger partial charge in [0, 0.05) is 18.5 Å². The van der Waals surface area contributed by atoms with Crippen LogP contribution in [0.1, 0.15) is 39.8 Å². The average Bonchev–Trinajstić information content (AvgIpc) is 2.68. The van der Waals surface area contributed by atoms with Crippen molar-refractivity contribution in [3.05, 3.63) is 18.0 Å². The van der Waals surface area contributed by atoms with Crippen molar-refractivity contribution in [3.8, 4) is 5.75 Å². The zero-order valence-electron chi connectivity index (χ0n) is 13.3. The second kappa shape index (κ2) is 5.87. The van der Waals surface area contributed by atoms with Crippen molar-refractivity contribution >= 4 is 6.09 Å². The second-order valence-electron chi connectivity index (χ2n) is 6.49. The maximum Gasteiger partial charge on any atom is 0.410 e. The van der Waals surface area contributed by atoms with Gasteiger partial charge < -0.3 is 14.4 Å². The Balaban J connectivity index is 1.96. The summed E-state index contributed by atoms with van der Waals surface area (Å²) in [5.41, 5.74) is 0.324. The number of nitrogens with zero attached hydrogens (tertiary/aromatic N) is 3. The molecule has 1 aromatic rings. The van der Waals surface area contributed by atoms with E-state index in [1.807, 2.05) is 40.7 Å². The van der Waals surface area contributed by atoms with Gasteiger partial charge in [-0.15, -0.1) is 0 Å². The largest absolute Gasteiger partial charge is 0.487 e. The first kappa shape index (κ1) is 15.5. The SMILES string of the molecule is Cc1cc(O[C@@H]2C[C@H](C)N(C(=O)OC(C)(C)C)C2)cnn1. The molecule has 2 heterocycles. The molecule has 0 radical (unpaired) electrons. The second-order valence-corrected chi connectivity index (χ2v) is 6.49. The van der Waals surface area contributed by atoms with Crippen molar-refractivity contribution in [3.63, 3.8) is 0 Å². The predicted octanol–water partition coefficient (Wildman–Crippen LogP) is 2.56. The standard InChI is InChI=1S/C15H23N3O3/c1-10-6-12(8-16-17-10)20-13-7-11(2)18(9-13)14(19)21-15(3,4)5/h6,8,11,13H,7,9H2,1-5H3/t11-,13+/m0/s1. The van der Waals surface area contributed by atoms with Crippen LogP contribution in [0, 0.1) is 6.92 Å². The number of rotatable bonds is 2. The van der Waals surface area contributed by atoms with E-state index in [1.54, 1.807) is 11.1 Å². The molecule has 0 aliphatic carbocycles. The van der Waals surface area contributed by atoms with Crippen molar-refractivity contribution in [2.45, 2.75) is 58.8 Å². The monoisotopic (exact) mass is 293 g/mol. The van der Waals surface area contributed by atoms with Crippen molar-refractivity contribution in [2.24, 2.45) is 0 Å². The Morgan fingerprint density at radius 1 is 1.43 bits per heavy atom. The Hall–Kier alpha value is -1.85. The number of aryl methyl sites for hydroxylation is 1. The van der Waals surface area contributed by atoms with Crippen LogP contribution in [-0.4, -0.2) is 45.5 Å². The molecule has 1 aliphatic heterocycles. The van der Waals surface area contributed by atoms with Gasteiger partial charge in [0.1, 0.15) is 17.5 Å². The van der Waals surface area contributed by atoms with Gasteiger partial charge in [-0.2, -0.15) is 10.2 Å². The van der Waals surface area contributed by atoms with Crippen LogP contribution in [0.25, 0.3) is 0 Å². The molecule has 0 saturated carbocycles. The van der Waals surface area contributed by atoms with Gasteiger partial charge in [-0.3, -0.25) is 0 Å². The topological polar surface area (TPSA) is 64.5 Å². The van der Waals surface area contributed by atoms with Crippen LogP contribution in [0.4, 0.5) is 4.79 Å². The fourth-order valence-electron chi connectivity index (χ4n) is 2.35. The van der Waals surface area contributed by atoms with E-state index < -0.39 is 5.60 Å². The first-order valence-electron chi connectivity index (χ1n) is 7.20. The molecule has 0 unspecified atom stereocenters. The van der Waals surface area contributed by atoms with Crippen LogP contribution in [0.3, 0.4) is 0 Å². The van der Waals surface area contributed by atoms with Crippen molar-refractivity contribution in [1.82, 2.24) is 15.1 Å². The lowest BCUT2D eigenvalue weighted by Gasteiger charge is -2.26. The minimum Gasteiger partial charge on any atom is -0.487 e. The molecule has 2 rings (SSSR count). The molecule has 116 valence electrons. The van der Waals surface area contributed by atoms with E-state index in [1.165, 1.54) is 0 Å². The third-order valence-electron chi connectivity index (χ3n) is 3.22. The lowest BCUT2D eigenvalue weighted by molar-refractivity contribution is 0.0224. The molecule has 2 atom stereocenters. The van der Waals surface area contributed by atoms with Gasteiger partial charge >= 0.3 is 6.09 Å². The minimum absolute atomic E-state index is 0.0453. The van der Waals surface area contributed by atoms with Gasteiger partial charge in [-0.1, -0.05) is 0 Å². The van der Waals surface area contributed by atoms with Gasteiger partial charge in [0.05, 0.1) is 18.4 Å². The Morgan fingerprint density at radius 2 is 2.14 bits per heavy atom. The number of ether oxygens (including phenoxy) is 2. The number of likely N-dealkylation sites (tertiary alicyclic amines) is 1. The number of hydrogen-bond donors (Lipinski definition) is 0. The molecule has 6 heteroatoms. The van der Waals surface area contributed by atoms with Crippen molar-refractivity contribution < 1.29 is 14.3 Å². The van der Waals surface area contributed by atoms with Crippen molar-refractivity contribution in [2.75, 3.05) is 6.54 Å². The summed E-state index contributed by atoms with van der Waals surface area (Å²) < 4.78 is 11.3. The van der Waals surface area contributed by atoms with E-state index in [-0.39, 0.29) is 18.2 Å². The van der Waals surface area contributed by atoms with Crippen LogP contribution in [0.15, 0.2) is 12.3 Å². The molecular formula is C15H23N3O3. The summed E-state index contributed by atoms with van der Waals surface area (Å²) in [6, 6.07) is 1.94. The molecular weight excluding hydrogens is 270 g/mol. The molecule has 1 amide bonds. The zero-order chi connectivity index (χ0) is 15.6. The highest BCUT2D eigenvalue weighted by Gasteiger charge is 2.36. The summed E-state index contributed by atoms with van der Waals surface area (Å²) >= 11 is 0. The Labute approximate surface area is 125 Å². The molecule has 6 nitrogen and oxygen atoms in total. The third kappa shape index (κ3) is 4.31. The molecule has 0 N–H and O–H groups in total. The van der Waals surface area contributed by atoms with Gasteiger partial charge in [-0.25, -0.2) is 4.79 Å². The number of carbonyl (C=O) groups is 1. The quantitative estimate of drug-likeness (QED) is 0.838. The van der Waals surface area contributed by atoms with Crippen LogP contribution in [-0.2, 0) is 4.74 Å². The number of amides is 1. The van der Waals surface area contributed by atoms with E-state index >= 15 is 0 Å². The van der Waals surface area contributed by atoms with Gasteiger partial charge in [0.15, 0.2) is 0 Å². The Bertz CT molecular complexity index is 513. The summed E-state index contributed by atoms with van der Waals surface area (Å²) in [5, 5.41) is 7.77. The fourth-order valence-corrected chi connectivity index (χ4v) is 2.35. The molecule has 21 heavy (non-hydrogen) atoms. The summed E-state index contributed by atoms with van der Waals surface area (Å²) in [5.74, 6) is 0.686. The minimum atomic E-state index is -0.484. The summed E-state index contributed by atoms with van der Waals surface area (Å²) in [6.45, 7) is 9.99. The maximum absolute atomic E-state index is 12.1. The third-order valence-corrected chi connectivity index (χ3v) is 3.22. The molecule has 0 spiro atoms. The zero-order valence-corrected chi connectivity index (χ0v) is 13.3. The first-order chi connectivity index (χ1) is 9.74. The highest BCUT2D eigenvalue weighted by atomic mass is 16.6. The van der Waals surface area contributed by atoms with Crippen LogP contribution in [0.2, 0.25) is 0 Å². The van der Waals surface area contributed by atoms with E-state index in [9.17, 15) is 4.79 Å². The number of carbonyl (C=O) groups excluding carboxylic acids is 1. The van der Waals surface area contributed by atoms with Crippen molar-refractivity contribution in [1.29, 1.82) is 0 Å². The van der Waals surface area contributed by atoms with Crippen LogP contribution >= 0.6 is 0 Å². The molecule has 0 aromatic carbocycles. The summed E-state index contributed by atoms with van der Waals surface area (Å²) in [4.78, 5) is 13.9. The lowest BCUT2D eigenvalue weighted by atomic mass is 10.2. The molecule has 0 bridgehead atoms. The van der Waals surface area contributed by atoms with E-state index in [4.69, 9.17) is 9.47 Å².